The maximum atomic E-state index is 6.58. The van der Waals surface area contributed by atoms with E-state index in [0.29, 0.717) is 0 Å². The number of aromatic nitrogens is 1. The molecule has 2 heterocycles. The lowest BCUT2D eigenvalue weighted by Crippen LogP contribution is -2.21. The smallest absolute Gasteiger partial charge is 0.137 e. The van der Waals surface area contributed by atoms with Crippen molar-refractivity contribution < 1.29 is 4.42 Å². The summed E-state index contributed by atoms with van der Waals surface area (Å²) in [5.41, 5.74) is 18.9. The van der Waals surface area contributed by atoms with Gasteiger partial charge in [0.2, 0.25) is 0 Å². The molecule has 0 spiro atoms. The van der Waals surface area contributed by atoms with Crippen molar-refractivity contribution in [2.24, 2.45) is 0 Å². The summed E-state index contributed by atoms with van der Waals surface area (Å²) in [5, 5.41) is 4.73. The number of hydrogen-bond donors (Lipinski definition) is 0. The molecule has 1 aliphatic carbocycles. The number of rotatable bonds is 5. The first-order chi connectivity index (χ1) is 29.8. The van der Waals surface area contributed by atoms with Crippen molar-refractivity contribution >= 4 is 60.8 Å². The second-order valence-electron chi connectivity index (χ2n) is 19.8. The molecule has 11 rings (SSSR count). The Balaban J connectivity index is 1.18. The van der Waals surface area contributed by atoms with Crippen LogP contribution in [-0.4, -0.2) is 4.57 Å². The van der Waals surface area contributed by atoms with Gasteiger partial charge in [-0.25, -0.2) is 0 Å². The van der Waals surface area contributed by atoms with Gasteiger partial charge in [-0.05, 0) is 104 Å². The van der Waals surface area contributed by atoms with Crippen LogP contribution < -0.4 is 4.90 Å². The molecular weight excluding hydrogens is 753 g/mol. The number of benzene rings is 8. The van der Waals surface area contributed by atoms with Gasteiger partial charge in [-0.3, -0.25) is 0 Å². The van der Waals surface area contributed by atoms with Crippen LogP contribution in [-0.2, 0) is 16.2 Å². The number of fused-ring (bicyclic) bond motifs is 9. The third-order valence-electron chi connectivity index (χ3n) is 13.5. The van der Waals surface area contributed by atoms with Crippen LogP contribution in [0.15, 0.2) is 174 Å². The van der Waals surface area contributed by atoms with Crippen molar-refractivity contribution in [1.82, 2.24) is 4.57 Å². The maximum absolute atomic E-state index is 6.58. The monoisotopic (exact) mass is 804 g/mol. The van der Waals surface area contributed by atoms with Crippen molar-refractivity contribution in [1.29, 1.82) is 0 Å². The van der Waals surface area contributed by atoms with Gasteiger partial charge in [-0.2, -0.15) is 0 Å². The molecule has 62 heavy (non-hydrogen) atoms. The average Bonchev–Trinajstić information content (AvgIpc) is 3.88. The van der Waals surface area contributed by atoms with Crippen LogP contribution >= 0.6 is 0 Å². The largest absolute Gasteiger partial charge is 0.456 e. The van der Waals surface area contributed by atoms with E-state index in [4.69, 9.17) is 4.42 Å². The number of para-hydroxylation sites is 4. The summed E-state index contributed by atoms with van der Waals surface area (Å²) < 4.78 is 8.99. The standard InChI is InChI=1S/C59H52N2O/c1-57(2,3)37-33-48(58(4,5)6)56-49(34-37)59(7,8)47-26-18-25-46(55(47)56)43-23-11-13-27-50(43)60(40-31-32-45-44-24-12-16-30-53(44)62-54(45)36-40)38-19-17-20-39(35-38)61-51-28-14-9-21-41(51)42-22-10-15-29-52(42)61/h9-36H,1-8H3. The molecule has 0 amide bonds. The molecule has 0 radical (unpaired) electrons. The number of furan rings is 1. The van der Waals surface area contributed by atoms with E-state index in [9.17, 15) is 0 Å². The SMILES string of the molecule is CC(C)(C)c1cc(C(C)(C)C)c2c(c1)C(C)(C)c1cccc(-c3ccccc3N(c3cccc(-n4c5ccccc5c5ccccc54)c3)c3ccc4c(c3)oc3ccccc34)c1-2. The summed E-state index contributed by atoms with van der Waals surface area (Å²) in [7, 11) is 0. The van der Waals surface area contributed by atoms with Gasteiger partial charge in [0.1, 0.15) is 11.2 Å². The van der Waals surface area contributed by atoms with Crippen LogP contribution in [0.2, 0.25) is 0 Å². The molecule has 304 valence electrons. The van der Waals surface area contributed by atoms with Gasteiger partial charge in [0, 0.05) is 55.7 Å². The van der Waals surface area contributed by atoms with Gasteiger partial charge < -0.3 is 13.9 Å². The molecule has 3 heteroatoms. The highest BCUT2D eigenvalue weighted by Gasteiger charge is 2.41. The normalized spacial score (nSPS) is 13.6. The third-order valence-corrected chi connectivity index (χ3v) is 13.5. The van der Waals surface area contributed by atoms with E-state index >= 15 is 0 Å². The lowest BCUT2D eigenvalue weighted by molar-refractivity contribution is 0.564. The van der Waals surface area contributed by atoms with E-state index < -0.39 is 0 Å². The first kappa shape index (κ1) is 38.1. The van der Waals surface area contributed by atoms with Crippen molar-refractivity contribution in [2.75, 3.05) is 4.90 Å². The zero-order chi connectivity index (χ0) is 42.7. The lowest BCUT2D eigenvalue weighted by atomic mass is 9.74. The van der Waals surface area contributed by atoms with Gasteiger partial charge in [-0.15, -0.1) is 0 Å². The zero-order valence-electron chi connectivity index (χ0n) is 37.0. The Hall–Kier alpha value is -6.84. The van der Waals surface area contributed by atoms with Crippen molar-refractivity contribution in [3.8, 4) is 27.9 Å². The summed E-state index contributed by atoms with van der Waals surface area (Å²) in [6.45, 7) is 19.0. The highest BCUT2D eigenvalue weighted by Crippen LogP contribution is 2.57. The fraction of sp³-hybridized carbons (Fsp3) is 0.186. The molecule has 0 aliphatic heterocycles. The lowest BCUT2D eigenvalue weighted by Gasteiger charge is -2.31. The summed E-state index contributed by atoms with van der Waals surface area (Å²) in [4.78, 5) is 2.44. The summed E-state index contributed by atoms with van der Waals surface area (Å²) in [6.07, 6.45) is 0. The quantitative estimate of drug-likeness (QED) is 0.173. The van der Waals surface area contributed by atoms with Crippen molar-refractivity contribution in [3.05, 3.63) is 192 Å². The van der Waals surface area contributed by atoms with Gasteiger partial charge in [0.15, 0.2) is 0 Å². The van der Waals surface area contributed by atoms with E-state index in [-0.39, 0.29) is 16.2 Å². The third kappa shape index (κ3) is 5.78. The molecule has 0 fully saturated rings. The molecule has 8 aromatic carbocycles. The van der Waals surface area contributed by atoms with E-state index in [0.717, 1.165) is 44.7 Å². The molecule has 0 saturated carbocycles. The number of anilines is 3. The van der Waals surface area contributed by atoms with Crippen LogP contribution in [0.25, 0.3) is 71.7 Å². The Morgan fingerprint density at radius 3 is 1.81 bits per heavy atom. The minimum absolute atomic E-state index is 0.0184. The Labute approximate surface area is 364 Å². The molecule has 0 saturated heterocycles. The highest BCUT2D eigenvalue weighted by atomic mass is 16.3. The molecule has 0 N–H and O–H groups in total. The molecule has 0 atom stereocenters. The van der Waals surface area contributed by atoms with E-state index in [1.165, 1.54) is 66.3 Å². The molecule has 0 bridgehead atoms. The molecular formula is C59H52N2O. The van der Waals surface area contributed by atoms with E-state index in [1.54, 1.807) is 0 Å². The summed E-state index contributed by atoms with van der Waals surface area (Å²) in [5.74, 6) is 0. The molecule has 1 aliphatic rings. The molecule has 0 unspecified atom stereocenters. The minimum Gasteiger partial charge on any atom is -0.456 e. The highest BCUT2D eigenvalue weighted by molar-refractivity contribution is 6.10. The van der Waals surface area contributed by atoms with Crippen molar-refractivity contribution in [2.45, 2.75) is 71.6 Å². The van der Waals surface area contributed by atoms with Gasteiger partial charge in [-0.1, -0.05) is 165 Å². The van der Waals surface area contributed by atoms with Crippen LogP contribution in [0, 0.1) is 0 Å². The summed E-state index contributed by atoms with van der Waals surface area (Å²) in [6, 6.07) is 62.5. The van der Waals surface area contributed by atoms with E-state index in [2.05, 4.69) is 229 Å². The van der Waals surface area contributed by atoms with E-state index in [1.807, 2.05) is 6.07 Å². The van der Waals surface area contributed by atoms with Crippen LogP contribution in [0.4, 0.5) is 17.1 Å². The first-order valence-electron chi connectivity index (χ1n) is 22.0. The first-order valence-corrected chi connectivity index (χ1v) is 22.0. The average molecular weight is 805 g/mol. The van der Waals surface area contributed by atoms with Gasteiger partial charge in [0.05, 0.1) is 16.7 Å². The fourth-order valence-corrected chi connectivity index (χ4v) is 10.3. The Kier molecular flexibility index (Phi) is 8.35. The zero-order valence-corrected chi connectivity index (χ0v) is 37.0. The fourth-order valence-electron chi connectivity index (χ4n) is 10.3. The second kappa shape index (κ2) is 13.6. The maximum Gasteiger partial charge on any atom is 0.137 e. The van der Waals surface area contributed by atoms with Gasteiger partial charge >= 0.3 is 0 Å². The van der Waals surface area contributed by atoms with Crippen molar-refractivity contribution in [3.63, 3.8) is 0 Å². The van der Waals surface area contributed by atoms with Crippen LogP contribution in [0.5, 0.6) is 0 Å². The number of hydrogen-bond acceptors (Lipinski definition) is 2. The minimum atomic E-state index is -0.181. The second-order valence-corrected chi connectivity index (χ2v) is 19.8. The van der Waals surface area contributed by atoms with Crippen LogP contribution in [0.3, 0.4) is 0 Å². The Bertz CT molecular complexity index is 3360. The predicted molar refractivity (Wildman–Crippen MR) is 263 cm³/mol. The molecule has 10 aromatic rings. The topological polar surface area (TPSA) is 21.3 Å². The molecule has 3 nitrogen and oxygen atoms in total. The Morgan fingerprint density at radius 2 is 1.08 bits per heavy atom. The Morgan fingerprint density at radius 1 is 0.468 bits per heavy atom. The predicted octanol–water partition coefficient (Wildman–Crippen LogP) is 16.7. The summed E-state index contributed by atoms with van der Waals surface area (Å²) >= 11 is 0. The van der Waals surface area contributed by atoms with Crippen LogP contribution in [0.1, 0.15) is 77.6 Å². The molecule has 2 aromatic heterocycles. The van der Waals surface area contributed by atoms with Gasteiger partial charge in [0.25, 0.3) is 0 Å². The number of nitrogens with zero attached hydrogens (tertiary/aromatic N) is 2.